The Bertz CT molecular complexity index is 346. The van der Waals surface area contributed by atoms with E-state index in [0.29, 0.717) is 0 Å². The number of hydrogen-bond acceptors (Lipinski definition) is 2. The topological polar surface area (TPSA) is 35.2 Å². The Morgan fingerprint density at radius 3 is 2.88 bits per heavy atom. The molecule has 96 valence electrons. The molecule has 1 atom stereocenters. The third-order valence-electron chi connectivity index (χ3n) is 2.56. The minimum Gasteiger partial charge on any atom is -0.382 e. The molecular weight excluding hydrogens is 285 g/mol. The van der Waals surface area contributed by atoms with E-state index in [1.54, 1.807) is 6.07 Å². The van der Waals surface area contributed by atoms with Gasteiger partial charge in [0.05, 0.1) is 0 Å². The zero-order valence-corrected chi connectivity index (χ0v) is 11.7. The predicted octanol–water partition coefficient (Wildman–Crippen LogP) is 3.27. The lowest BCUT2D eigenvalue weighted by Gasteiger charge is -2.12. The van der Waals surface area contributed by atoms with Gasteiger partial charge in [-0.25, -0.2) is 4.39 Å². The fraction of sp³-hybridized carbons (Fsp3) is 0.538. The van der Waals surface area contributed by atoms with Crippen LogP contribution in [0.3, 0.4) is 0 Å². The quantitative estimate of drug-likeness (QED) is 0.785. The van der Waals surface area contributed by atoms with E-state index in [1.165, 1.54) is 12.1 Å². The third-order valence-corrected chi connectivity index (χ3v) is 3.30. The van der Waals surface area contributed by atoms with E-state index in [2.05, 4.69) is 15.9 Å². The van der Waals surface area contributed by atoms with Crippen LogP contribution in [0.15, 0.2) is 22.7 Å². The van der Waals surface area contributed by atoms with Crippen molar-refractivity contribution in [3.05, 3.63) is 34.1 Å². The molecule has 0 aromatic heterocycles. The number of halogens is 2. The van der Waals surface area contributed by atoms with Crippen molar-refractivity contribution in [3.63, 3.8) is 0 Å². The van der Waals surface area contributed by atoms with Crippen LogP contribution in [0.4, 0.5) is 4.39 Å². The maximum atomic E-state index is 12.9. The molecule has 1 aromatic carbocycles. The molecule has 1 aromatic rings. The predicted molar refractivity (Wildman–Crippen MR) is 71.5 cm³/mol. The van der Waals surface area contributed by atoms with E-state index >= 15 is 0 Å². The first-order valence-electron chi connectivity index (χ1n) is 5.90. The highest BCUT2D eigenvalue weighted by atomic mass is 79.9. The van der Waals surface area contributed by atoms with Crippen LogP contribution in [0.25, 0.3) is 0 Å². The maximum absolute atomic E-state index is 12.9. The van der Waals surface area contributed by atoms with Gasteiger partial charge in [0.2, 0.25) is 0 Å². The Kier molecular flexibility index (Phi) is 6.70. The molecule has 2 N–H and O–H groups in total. The van der Waals surface area contributed by atoms with Crippen LogP contribution in [0.1, 0.15) is 25.3 Å². The summed E-state index contributed by atoms with van der Waals surface area (Å²) in [5.41, 5.74) is 7.08. The van der Waals surface area contributed by atoms with E-state index in [0.717, 1.165) is 42.5 Å². The first kappa shape index (κ1) is 14.6. The summed E-state index contributed by atoms with van der Waals surface area (Å²) in [5.74, 6) is -0.231. The summed E-state index contributed by atoms with van der Waals surface area (Å²) in [6.45, 7) is 3.49. The lowest BCUT2D eigenvalue weighted by molar-refractivity contribution is 0.142. The van der Waals surface area contributed by atoms with Crippen LogP contribution < -0.4 is 5.73 Å². The van der Waals surface area contributed by atoms with Gasteiger partial charge in [0, 0.05) is 23.7 Å². The highest BCUT2D eigenvalue weighted by Gasteiger charge is 2.07. The van der Waals surface area contributed by atoms with Crippen LogP contribution in [0, 0.1) is 5.82 Å². The first-order valence-corrected chi connectivity index (χ1v) is 6.70. The lowest BCUT2D eigenvalue weighted by atomic mass is 10.0. The zero-order valence-electron chi connectivity index (χ0n) is 10.1. The largest absolute Gasteiger partial charge is 0.382 e. The smallest absolute Gasteiger partial charge is 0.124 e. The molecule has 0 aliphatic rings. The zero-order chi connectivity index (χ0) is 12.7. The number of benzene rings is 1. The highest BCUT2D eigenvalue weighted by Crippen LogP contribution is 2.19. The maximum Gasteiger partial charge on any atom is 0.124 e. The molecule has 2 nitrogen and oxygen atoms in total. The fourth-order valence-electron chi connectivity index (χ4n) is 1.66. The second-order valence-electron chi connectivity index (χ2n) is 4.04. The number of hydrogen-bond donors (Lipinski definition) is 1. The molecule has 4 heteroatoms. The Morgan fingerprint density at radius 2 is 2.24 bits per heavy atom. The number of nitrogens with two attached hydrogens (primary N) is 1. The fourth-order valence-corrected chi connectivity index (χ4v) is 2.18. The standard InChI is InChI=1S/C13H19BrFNO/c1-2-17-7-3-4-12(16)8-10-5-6-11(15)9-13(10)14/h5-6,9,12H,2-4,7-8,16H2,1H3. The van der Waals surface area contributed by atoms with Crippen molar-refractivity contribution in [1.82, 2.24) is 0 Å². The molecule has 0 bridgehead atoms. The summed E-state index contributed by atoms with van der Waals surface area (Å²) >= 11 is 3.35. The van der Waals surface area contributed by atoms with Crippen molar-refractivity contribution in [2.75, 3.05) is 13.2 Å². The van der Waals surface area contributed by atoms with E-state index < -0.39 is 0 Å². The lowest BCUT2D eigenvalue weighted by Crippen LogP contribution is -2.23. The average molecular weight is 304 g/mol. The van der Waals surface area contributed by atoms with Crippen molar-refractivity contribution in [2.45, 2.75) is 32.2 Å². The summed E-state index contributed by atoms with van der Waals surface area (Å²) in [4.78, 5) is 0. The highest BCUT2D eigenvalue weighted by molar-refractivity contribution is 9.10. The van der Waals surface area contributed by atoms with Gasteiger partial charge in [-0.05, 0) is 43.9 Å². The monoisotopic (exact) mass is 303 g/mol. The van der Waals surface area contributed by atoms with Crippen molar-refractivity contribution in [1.29, 1.82) is 0 Å². The van der Waals surface area contributed by atoms with Crippen molar-refractivity contribution in [3.8, 4) is 0 Å². The number of ether oxygens (including phenoxy) is 1. The summed E-state index contributed by atoms with van der Waals surface area (Å²) in [6, 6.07) is 4.81. The normalized spacial score (nSPS) is 12.7. The van der Waals surface area contributed by atoms with E-state index in [9.17, 15) is 4.39 Å². The Morgan fingerprint density at radius 1 is 1.47 bits per heavy atom. The van der Waals surface area contributed by atoms with Crippen molar-refractivity contribution >= 4 is 15.9 Å². The van der Waals surface area contributed by atoms with Gasteiger partial charge in [-0.3, -0.25) is 0 Å². The van der Waals surface area contributed by atoms with Gasteiger partial charge in [0.1, 0.15) is 5.82 Å². The van der Waals surface area contributed by atoms with Gasteiger partial charge in [-0.2, -0.15) is 0 Å². The van der Waals surface area contributed by atoms with E-state index in [4.69, 9.17) is 10.5 Å². The minimum absolute atomic E-state index is 0.0946. The van der Waals surface area contributed by atoms with Crippen LogP contribution in [-0.4, -0.2) is 19.3 Å². The van der Waals surface area contributed by atoms with Gasteiger partial charge >= 0.3 is 0 Å². The molecular formula is C13H19BrFNO. The molecule has 0 aliphatic heterocycles. The summed E-state index contributed by atoms with van der Waals surface area (Å²) in [6.07, 6.45) is 2.64. The van der Waals surface area contributed by atoms with Gasteiger partial charge in [-0.1, -0.05) is 22.0 Å². The second-order valence-corrected chi connectivity index (χ2v) is 4.89. The molecule has 1 rings (SSSR count). The summed E-state index contributed by atoms with van der Waals surface area (Å²) in [7, 11) is 0. The molecule has 0 spiro atoms. The average Bonchev–Trinajstić information content (AvgIpc) is 2.28. The molecule has 0 saturated carbocycles. The summed E-state index contributed by atoms with van der Waals surface area (Å²) in [5, 5.41) is 0. The Balaban J connectivity index is 2.37. The van der Waals surface area contributed by atoms with Crippen LogP contribution >= 0.6 is 15.9 Å². The molecule has 0 amide bonds. The Labute approximate surface area is 110 Å². The van der Waals surface area contributed by atoms with Crippen molar-refractivity contribution < 1.29 is 9.13 Å². The molecule has 0 fully saturated rings. The SMILES string of the molecule is CCOCCCC(N)Cc1ccc(F)cc1Br. The molecule has 0 aliphatic carbocycles. The van der Waals surface area contributed by atoms with Crippen molar-refractivity contribution in [2.24, 2.45) is 5.73 Å². The van der Waals surface area contributed by atoms with Crippen LogP contribution in [0.5, 0.6) is 0 Å². The second kappa shape index (κ2) is 7.80. The van der Waals surface area contributed by atoms with Gasteiger partial charge in [0.25, 0.3) is 0 Å². The molecule has 17 heavy (non-hydrogen) atoms. The van der Waals surface area contributed by atoms with E-state index in [-0.39, 0.29) is 11.9 Å². The van der Waals surface area contributed by atoms with Crippen LogP contribution in [-0.2, 0) is 11.2 Å². The van der Waals surface area contributed by atoms with Crippen LogP contribution in [0.2, 0.25) is 0 Å². The van der Waals surface area contributed by atoms with Gasteiger partial charge in [0.15, 0.2) is 0 Å². The Hall–Kier alpha value is -0.450. The minimum atomic E-state index is -0.231. The number of rotatable bonds is 7. The molecule has 0 radical (unpaired) electrons. The van der Waals surface area contributed by atoms with Gasteiger partial charge in [-0.15, -0.1) is 0 Å². The van der Waals surface area contributed by atoms with E-state index in [1.807, 2.05) is 6.92 Å². The molecule has 0 heterocycles. The molecule has 1 unspecified atom stereocenters. The third kappa shape index (κ3) is 5.61. The first-order chi connectivity index (χ1) is 8.13. The molecule has 0 saturated heterocycles. The van der Waals surface area contributed by atoms with Gasteiger partial charge < -0.3 is 10.5 Å². The summed E-state index contributed by atoms with van der Waals surface area (Å²) < 4.78 is 18.9.